The zero-order valence-electron chi connectivity index (χ0n) is 21.7. The van der Waals surface area contributed by atoms with Gasteiger partial charge in [0.25, 0.3) is 5.69 Å². The maximum Gasteiger partial charge on any atom is 0.317 e. The van der Waals surface area contributed by atoms with Crippen molar-refractivity contribution >= 4 is 29.6 Å². The van der Waals surface area contributed by atoms with Crippen LogP contribution in [0.4, 0.5) is 5.69 Å². The lowest BCUT2D eigenvalue weighted by Crippen LogP contribution is -2.55. The Bertz CT molecular complexity index is 1020. The molecule has 0 radical (unpaired) electrons. The number of carboxylic acids is 4. The zero-order chi connectivity index (χ0) is 29.1. The summed E-state index contributed by atoms with van der Waals surface area (Å²) >= 11 is 0. The van der Waals surface area contributed by atoms with Gasteiger partial charge in [0, 0.05) is 63.5 Å². The van der Waals surface area contributed by atoms with E-state index in [1.165, 1.54) is 12.1 Å². The van der Waals surface area contributed by atoms with Gasteiger partial charge >= 0.3 is 23.9 Å². The SMILES string of the molecule is CC1CN(CC(=O)O)CC(Cc2ccc([N+](=O)[O-])cc2)N(CC(=O)O)CCN(CC(=O)O)CCN1CC(=O)O. The molecule has 216 valence electrons. The van der Waals surface area contributed by atoms with Gasteiger partial charge in [-0.2, -0.15) is 0 Å². The maximum absolute atomic E-state index is 11.8. The molecule has 1 heterocycles. The van der Waals surface area contributed by atoms with E-state index < -0.39 is 40.9 Å². The van der Waals surface area contributed by atoms with Crippen molar-refractivity contribution in [2.75, 3.05) is 65.4 Å². The van der Waals surface area contributed by atoms with E-state index in [0.29, 0.717) is 5.56 Å². The Labute approximate surface area is 225 Å². The van der Waals surface area contributed by atoms with Gasteiger partial charge in [-0.25, -0.2) is 0 Å². The van der Waals surface area contributed by atoms with E-state index in [1.807, 2.05) is 0 Å². The standard InChI is InChI=1S/C24H35N5O10/c1-17-11-26(14-22(32)33)12-20(10-18-2-4-19(5-3-18)29(38)39)28(16-24(36)37)9-7-25(13-21(30)31)6-8-27(17)15-23(34)35/h2-5,17,20H,6-16H2,1H3,(H,30,31)(H,32,33)(H,34,35)(H,36,37). The Morgan fingerprint density at radius 1 is 0.769 bits per heavy atom. The first-order valence-corrected chi connectivity index (χ1v) is 12.4. The summed E-state index contributed by atoms with van der Waals surface area (Å²) in [5.41, 5.74) is 0.565. The number of nitro groups is 1. The molecule has 4 N–H and O–H groups in total. The van der Waals surface area contributed by atoms with Crippen LogP contribution in [-0.2, 0) is 25.6 Å². The predicted molar refractivity (Wildman–Crippen MR) is 137 cm³/mol. The van der Waals surface area contributed by atoms with Crippen LogP contribution in [0.2, 0.25) is 0 Å². The van der Waals surface area contributed by atoms with Crippen molar-refractivity contribution in [3.8, 4) is 0 Å². The largest absolute Gasteiger partial charge is 0.480 e. The summed E-state index contributed by atoms with van der Waals surface area (Å²) in [6.45, 7) is 1.37. The molecule has 0 amide bonds. The minimum absolute atomic E-state index is 0.107. The predicted octanol–water partition coefficient (Wildman–Crippen LogP) is -0.546. The van der Waals surface area contributed by atoms with Gasteiger partial charge in [0.15, 0.2) is 0 Å². The molecule has 1 aromatic rings. The van der Waals surface area contributed by atoms with Crippen LogP contribution in [0.3, 0.4) is 0 Å². The second-order valence-electron chi connectivity index (χ2n) is 9.62. The highest BCUT2D eigenvalue weighted by Crippen LogP contribution is 2.17. The number of carboxylic acid groups (broad SMARTS) is 4. The van der Waals surface area contributed by atoms with Gasteiger partial charge in [0.05, 0.1) is 31.1 Å². The van der Waals surface area contributed by atoms with Crippen LogP contribution >= 0.6 is 0 Å². The van der Waals surface area contributed by atoms with Gasteiger partial charge in [-0.15, -0.1) is 0 Å². The molecule has 1 saturated heterocycles. The molecule has 2 atom stereocenters. The fraction of sp³-hybridized carbons (Fsp3) is 0.583. The molecule has 1 aliphatic heterocycles. The number of nitro benzene ring substituents is 1. The fourth-order valence-electron chi connectivity index (χ4n) is 4.71. The van der Waals surface area contributed by atoms with Crippen molar-refractivity contribution in [1.82, 2.24) is 19.6 Å². The summed E-state index contributed by atoms with van der Waals surface area (Å²) in [4.78, 5) is 63.5. The van der Waals surface area contributed by atoms with E-state index in [-0.39, 0.29) is 77.6 Å². The van der Waals surface area contributed by atoms with E-state index in [4.69, 9.17) is 0 Å². The molecule has 15 heteroatoms. The van der Waals surface area contributed by atoms with Gasteiger partial charge in [-0.1, -0.05) is 12.1 Å². The first kappa shape index (κ1) is 31.6. The Kier molecular flexibility index (Phi) is 12.2. The molecule has 0 spiro atoms. The number of hydrogen-bond donors (Lipinski definition) is 4. The highest BCUT2D eigenvalue weighted by Gasteiger charge is 2.29. The Morgan fingerprint density at radius 3 is 1.77 bits per heavy atom. The van der Waals surface area contributed by atoms with Gasteiger partial charge in [0.1, 0.15) is 0 Å². The maximum atomic E-state index is 11.8. The van der Waals surface area contributed by atoms with E-state index >= 15 is 0 Å². The van der Waals surface area contributed by atoms with Crippen molar-refractivity contribution in [1.29, 1.82) is 0 Å². The molecule has 39 heavy (non-hydrogen) atoms. The number of non-ortho nitro benzene ring substituents is 1. The third kappa shape index (κ3) is 11.3. The molecule has 0 aromatic heterocycles. The van der Waals surface area contributed by atoms with Crippen LogP contribution in [0.1, 0.15) is 12.5 Å². The van der Waals surface area contributed by atoms with Gasteiger partial charge in [-0.3, -0.25) is 48.9 Å². The lowest BCUT2D eigenvalue weighted by molar-refractivity contribution is -0.384. The van der Waals surface area contributed by atoms with Crippen LogP contribution in [0.15, 0.2) is 24.3 Å². The smallest absolute Gasteiger partial charge is 0.317 e. The number of benzene rings is 1. The van der Waals surface area contributed by atoms with Crippen molar-refractivity contribution in [2.45, 2.75) is 25.4 Å². The number of nitrogens with zero attached hydrogens (tertiary/aromatic N) is 5. The third-order valence-corrected chi connectivity index (χ3v) is 6.55. The van der Waals surface area contributed by atoms with Crippen molar-refractivity contribution in [3.05, 3.63) is 39.9 Å². The van der Waals surface area contributed by atoms with E-state index in [9.17, 15) is 49.7 Å². The highest BCUT2D eigenvalue weighted by atomic mass is 16.6. The van der Waals surface area contributed by atoms with Crippen molar-refractivity contribution in [3.63, 3.8) is 0 Å². The van der Waals surface area contributed by atoms with Gasteiger partial charge in [0.2, 0.25) is 0 Å². The summed E-state index contributed by atoms with van der Waals surface area (Å²) in [6.07, 6.45) is 0.244. The number of aliphatic carboxylic acids is 4. The summed E-state index contributed by atoms with van der Waals surface area (Å²) in [5.74, 6) is -4.39. The molecule has 0 saturated carbocycles. The van der Waals surface area contributed by atoms with E-state index in [1.54, 1.807) is 38.7 Å². The minimum Gasteiger partial charge on any atom is -0.480 e. The average molecular weight is 554 g/mol. The number of hydrogen-bond acceptors (Lipinski definition) is 10. The minimum atomic E-state index is -1.12. The molecule has 0 aliphatic carbocycles. The van der Waals surface area contributed by atoms with Crippen LogP contribution in [0.25, 0.3) is 0 Å². The van der Waals surface area contributed by atoms with Crippen LogP contribution < -0.4 is 0 Å². The summed E-state index contributed by atoms with van der Waals surface area (Å²) in [5, 5.41) is 49.0. The van der Waals surface area contributed by atoms with Gasteiger partial charge < -0.3 is 20.4 Å². The van der Waals surface area contributed by atoms with Crippen LogP contribution in [-0.4, -0.2) is 146 Å². The second kappa shape index (κ2) is 15.1. The summed E-state index contributed by atoms with van der Waals surface area (Å²) < 4.78 is 0. The Hall–Kier alpha value is -3.66. The molecule has 2 unspecified atom stereocenters. The summed E-state index contributed by atoms with van der Waals surface area (Å²) in [6, 6.07) is 4.82. The van der Waals surface area contributed by atoms with Crippen molar-refractivity contribution in [2.24, 2.45) is 0 Å². The van der Waals surface area contributed by atoms with Gasteiger partial charge in [-0.05, 0) is 18.9 Å². The Balaban J connectivity index is 2.47. The topological polar surface area (TPSA) is 205 Å². The number of rotatable bonds is 11. The van der Waals surface area contributed by atoms with Crippen LogP contribution in [0.5, 0.6) is 0 Å². The highest BCUT2D eigenvalue weighted by molar-refractivity contribution is 5.70. The van der Waals surface area contributed by atoms with Crippen molar-refractivity contribution < 1.29 is 44.5 Å². The first-order valence-electron chi connectivity index (χ1n) is 12.4. The first-order chi connectivity index (χ1) is 18.3. The van der Waals surface area contributed by atoms with E-state index in [2.05, 4.69) is 0 Å². The molecular formula is C24H35N5O10. The molecule has 1 fully saturated rings. The molecule has 15 nitrogen and oxygen atoms in total. The average Bonchev–Trinajstić information content (AvgIpc) is 2.82. The second-order valence-corrected chi connectivity index (χ2v) is 9.62. The molecule has 1 aromatic carbocycles. The quantitative estimate of drug-likeness (QED) is 0.201. The normalized spacial score (nSPS) is 20.9. The lowest BCUT2D eigenvalue weighted by atomic mass is 10.0. The van der Waals surface area contributed by atoms with E-state index in [0.717, 1.165) is 0 Å². The lowest BCUT2D eigenvalue weighted by Gasteiger charge is -2.39. The third-order valence-electron chi connectivity index (χ3n) is 6.55. The molecule has 1 aliphatic rings. The molecular weight excluding hydrogens is 518 g/mol. The fourth-order valence-corrected chi connectivity index (χ4v) is 4.71. The number of carbonyl (C=O) groups is 4. The molecule has 0 bridgehead atoms. The molecule has 2 rings (SSSR count). The Morgan fingerprint density at radius 2 is 1.26 bits per heavy atom. The van der Waals surface area contributed by atoms with Crippen LogP contribution in [0, 0.1) is 10.1 Å². The summed E-state index contributed by atoms with van der Waals surface area (Å²) in [7, 11) is 0. The zero-order valence-corrected chi connectivity index (χ0v) is 21.7. The monoisotopic (exact) mass is 553 g/mol.